The second kappa shape index (κ2) is 8.62. The molecule has 0 radical (unpaired) electrons. The van der Waals surface area contributed by atoms with Crippen molar-refractivity contribution in [2.45, 2.75) is 19.4 Å². The summed E-state index contributed by atoms with van der Waals surface area (Å²) in [6.07, 6.45) is 2.34. The molecule has 4 aromatic rings. The zero-order valence-corrected chi connectivity index (χ0v) is 19.6. The summed E-state index contributed by atoms with van der Waals surface area (Å²) < 4.78 is 42.6. The van der Waals surface area contributed by atoms with Crippen LogP contribution in [0.15, 0.2) is 60.8 Å². The minimum Gasteiger partial charge on any atom is -0.350 e. The number of likely N-dealkylation sites (tertiary alicyclic amines) is 1. The van der Waals surface area contributed by atoms with E-state index in [0.29, 0.717) is 36.0 Å². The number of rotatable bonds is 3. The van der Waals surface area contributed by atoms with Crippen molar-refractivity contribution in [2.75, 3.05) is 24.5 Å². The Balaban J connectivity index is 1.29. The number of piperidine rings is 1. The molecule has 2 aliphatic heterocycles. The fourth-order valence-corrected chi connectivity index (χ4v) is 5.29. The van der Waals surface area contributed by atoms with Crippen LogP contribution in [0.3, 0.4) is 0 Å². The first-order chi connectivity index (χ1) is 17.4. The monoisotopic (exact) mass is 488 g/mol. The molecule has 2 saturated heterocycles. The van der Waals surface area contributed by atoms with Gasteiger partial charge in [0, 0.05) is 37.7 Å². The van der Waals surface area contributed by atoms with Crippen LogP contribution in [-0.4, -0.2) is 46.5 Å². The number of nitrogens with zero attached hydrogens (tertiary/aromatic N) is 4. The third kappa shape index (κ3) is 3.68. The maximum Gasteiger partial charge on any atom is 0.257 e. The van der Waals surface area contributed by atoms with Gasteiger partial charge >= 0.3 is 0 Å². The SMILES string of the molecule is Cc1ccc(-c2ccccc2)c(C(=O)N2CC[C@H]3CN(c4cnc5cc(F)c(F)cc5n4)[C@H]3C2)c1F. The van der Waals surface area contributed by atoms with E-state index < -0.39 is 17.5 Å². The van der Waals surface area contributed by atoms with Crippen LogP contribution in [0.25, 0.3) is 22.2 Å². The minimum absolute atomic E-state index is 0.00668. The van der Waals surface area contributed by atoms with Gasteiger partial charge in [0.1, 0.15) is 11.6 Å². The lowest BCUT2D eigenvalue weighted by molar-refractivity contribution is 0.0587. The standard InChI is InChI=1S/C28H23F3N4O/c1-16-7-8-19(17-5-3-2-4-6-17)26(27(16)31)28(36)34-10-9-18-14-35(24(18)15-34)25-13-32-22-11-20(29)21(30)12-23(22)33-25/h2-8,11-13,18,24H,9-10,14-15H2,1H3/t18-,24-/m0/s1. The van der Waals surface area contributed by atoms with E-state index in [0.717, 1.165) is 30.7 Å². The van der Waals surface area contributed by atoms with Crippen LogP contribution in [0, 0.1) is 30.3 Å². The van der Waals surface area contributed by atoms with Crippen molar-refractivity contribution in [3.63, 3.8) is 0 Å². The van der Waals surface area contributed by atoms with E-state index in [1.807, 2.05) is 35.2 Å². The van der Waals surface area contributed by atoms with Crippen LogP contribution in [0.4, 0.5) is 19.0 Å². The Morgan fingerprint density at radius 2 is 1.72 bits per heavy atom. The van der Waals surface area contributed by atoms with Gasteiger partial charge < -0.3 is 9.80 Å². The predicted octanol–water partition coefficient (Wildman–Crippen LogP) is 5.37. The predicted molar refractivity (Wildman–Crippen MR) is 131 cm³/mol. The highest BCUT2D eigenvalue weighted by Gasteiger charge is 2.45. The molecule has 3 aromatic carbocycles. The lowest BCUT2D eigenvalue weighted by Crippen LogP contribution is -2.65. The number of fused-ring (bicyclic) bond motifs is 2. The number of halogens is 3. The average Bonchev–Trinajstić information content (AvgIpc) is 2.87. The second-order valence-corrected chi connectivity index (χ2v) is 9.49. The van der Waals surface area contributed by atoms with Gasteiger partial charge in [0.2, 0.25) is 0 Å². The number of aromatic nitrogens is 2. The van der Waals surface area contributed by atoms with Gasteiger partial charge in [-0.2, -0.15) is 0 Å². The molecular formula is C28H23F3N4O. The first-order valence-electron chi connectivity index (χ1n) is 11.9. The van der Waals surface area contributed by atoms with Crippen molar-refractivity contribution in [1.82, 2.24) is 14.9 Å². The molecule has 5 nitrogen and oxygen atoms in total. The molecule has 2 fully saturated rings. The summed E-state index contributed by atoms with van der Waals surface area (Å²) in [6.45, 7) is 3.37. The lowest BCUT2D eigenvalue weighted by atomic mass is 9.82. The minimum atomic E-state index is -0.973. The highest BCUT2D eigenvalue weighted by Crippen LogP contribution is 2.37. The van der Waals surface area contributed by atoms with E-state index in [9.17, 15) is 13.6 Å². The van der Waals surface area contributed by atoms with Crippen molar-refractivity contribution in [2.24, 2.45) is 5.92 Å². The number of aryl methyl sites for hydroxylation is 1. The molecule has 0 aliphatic carbocycles. The van der Waals surface area contributed by atoms with Gasteiger partial charge in [-0.3, -0.25) is 9.78 Å². The zero-order valence-electron chi connectivity index (χ0n) is 19.6. The molecule has 0 N–H and O–H groups in total. The van der Waals surface area contributed by atoms with Gasteiger partial charge in [-0.05, 0) is 30.0 Å². The smallest absolute Gasteiger partial charge is 0.257 e. The van der Waals surface area contributed by atoms with Crippen molar-refractivity contribution >= 4 is 22.8 Å². The van der Waals surface area contributed by atoms with Crippen LogP contribution in [-0.2, 0) is 0 Å². The molecule has 2 aliphatic rings. The lowest BCUT2D eigenvalue weighted by Gasteiger charge is -2.54. The van der Waals surface area contributed by atoms with Gasteiger partial charge in [-0.15, -0.1) is 0 Å². The van der Waals surface area contributed by atoms with Crippen LogP contribution < -0.4 is 4.90 Å². The molecule has 0 spiro atoms. The Morgan fingerprint density at radius 1 is 0.972 bits per heavy atom. The molecule has 182 valence electrons. The van der Waals surface area contributed by atoms with E-state index in [4.69, 9.17) is 0 Å². The van der Waals surface area contributed by atoms with Crippen molar-refractivity contribution in [3.05, 3.63) is 89.4 Å². The molecule has 0 unspecified atom stereocenters. The number of anilines is 1. The van der Waals surface area contributed by atoms with Gasteiger partial charge in [-0.25, -0.2) is 18.2 Å². The summed E-state index contributed by atoms with van der Waals surface area (Å²) in [7, 11) is 0. The van der Waals surface area contributed by atoms with Crippen molar-refractivity contribution < 1.29 is 18.0 Å². The van der Waals surface area contributed by atoms with E-state index in [1.165, 1.54) is 0 Å². The number of carbonyl (C=O) groups excluding carboxylic acids is 1. The van der Waals surface area contributed by atoms with Crippen LogP contribution in [0.5, 0.6) is 0 Å². The highest BCUT2D eigenvalue weighted by molar-refractivity contribution is 6.01. The topological polar surface area (TPSA) is 49.3 Å². The summed E-state index contributed by atoms with van der Waals surface area (Å²) >= 11 is 0. The summed E-state index contributed by atoms with van der Waals surface area (Å²) in [5.74, 6) is -1.85. The van der Waals surface area contributed by atoms with E-state index >= 15 is 4.39 Å². The van der Waals surface area contributed by atoms with Crippen LogP contribution in [0.1, 0.15) is 22.3 Å². The number of carbonyl (C=O) groups is 1. The first-order valence-corrected chi connectivity index (χ1v) is 11.9. The van der Waals surface area contributed by atoms with Gasteiger partial charge in [0.25, 0.3) is 5.91 Å². The maximum atomic E-state index is 15.4. The molecule has 36 heavy (non-hydrogen) atoms. The highest BCUT2D eigenvalue weighted by atomic mass is 19.2. The number of amides is 1. The Bertz CT molecular complexity index is 1490. The van der Waals surface area contributed by atoms with Crippen LogP contribution in [0.2, 0.25) is 0 Å². The van der Waals surface area contributed by atoms with E-state index in [2.05, 4.69) is 9.97 Å². The van der Waals surface area contributed by atoms with Gasteiger partial charge in [0.05, 0.1) is 28.8 Å². The fourth-order valence-electron chi connectivity index (χ4n) is 5.29. The fraction of sp³-hybridized carbons (Fsp3) is 0.250. The van der Waals surface area contributed by atoms with E-state index in [1.54, 1.807) is 30.2 Å². The van der Waals surface area contributed by atoms with Crippen LogP contribution >= 0.6 is 0 Å². The number of benzene rings is 3. The van der Waals surface area contributed by atoms with Gasteiger partial charge in [0.15, 0.2) is 11.6 Å². The number of hydrogen-bond acceptors (Lipinski definition) is 4. The third-order valence-corrected chi connectivity index (χ3v) is 7.34. The number of hydrogen-bond donors (Lipinski definition) is 0. The van der Waals surface area contributed by atoms with E-state index in [-0.39, 0.29) is 28.5 Å². The third-order valence-electron chi connectivity index (χ3n) is 7.34. The molecule has 1 amide bonds. The summed E-state index contributed by atoms with van der Waals surface area (Å²) in [5, 5.41) is 0. The molecule has 6 rings (SSSR count). The quantitative estimate of drug-likeness (QED) is 0.389. The molecule has 2 atom stereocenters. The first kappa shape index (κ1) is 22.5. The molecule has 0 bridgehead atoms. The summed E-state index contributed by atoms with van der Waals surface area (Å²) in [4.78, 5) is 26.2. The average molecular weight is 489 g/mol. The van der Waals surface area contributed by atoms with Crippen molar-refractivity contribution in [3.8, 4) is 11.1 Å². The Hall–Kier alpha value is -3.94. The largest absolute Gasteiger partial charge is 0.350 e. The molecule has 0 saturated carbocycles. The normalized spacial score (nSPS) is 19.2. The Morgan fingerprint density at radius 3 is 2.50 bits per heavy atom. The summed E-state index contributed by atoms with van der Waals surface area (Å²) in [5.41, 5.74) is 2.43. The zero-order chi connectivity index (χ0) is 25.0. The Labute approximate surface area is 206 Å². The second-order valence-electron chi connectivity index (χ2n) is 9.49. The van der Waals surface area contributed by atoms with Crippen molar-refractivity contribution in [1.29, 1.82) is 0 Å². The Kier molecular flexibility index (Phi) is 5.39. The molecule has 3 heterocycles. The summed E-state index contributed by atoms with van der Waals surface area (Å²) in [6, 6.07) is 14.9. The molecule has 8 heteroatoms. The van der Waals surface area contributed by atoms with Gasteiger partial charge in [-0.1, -0.05) is 42.5 Å². The molecular weight excluding hydrogens is 465 g/mol. The molecule has 1 aromatic heterocycles. The maximum absolute atomic E-state index is 15.4.